The Morgan fingerprint density at radius 2 is 2.21 bits per heavy atom. The van der Waals surface area contributed by atoms with Gasteiger partial charge in [-0.3, -0.25) is 9.69 Å². The summed E-state index contributed by atoms with van der Waals surface area (Å²) in [4.78, 5) is 18.3. The maximum Gasteiger partial charge on any atom is 0.324 e. The molecule has 2 N–H and O–H groups in total. The standard InChI is InChI=1S/C9H19N3O2/c1-3-9(13)14-12-6-5-11(4-2)8(10)7-12/h8H,3-7,10H2,1-2H3. The van der Waals surface area contributed by atoms with Crippen molar-refractivity contribution < 1.29 is 9.63 Å². The Hall–Kier alpha value is -0.650. The van der Waals surface area contributed by atoms with Crippen LogP contribution in [0.1, 0.15) is 20.3 Å². The van der Waals surface area contributed by atoms with Gasteiger partial charge in [-0.05, 0) is 6.54 Å². The molecule has 5 nitrogen and oxygen atoms in total. The normalized spacial score (nSPS) is 24.9. The molecule has 1 unspecified atom stereocenters. The van der Waals surface area contributed by atoms with E-state index in [2.05, 4.69) is 11.8 Å². The van der Waals surface area contributed by atoms with Crippen LogP contribution in [0.3, 0.4) is 0 Å². The molecule has 0 aliphatic carbocycles. The molecule has 1 aliphatic rings. The van der Waals surface area contributed by atoms with E-state index in [0.717, 1.165) is 19.6 Å². The number of rotatable bonds is 3. The Morgan fingerprint density at radius 3 is 2.71 bits per heavy atom. The van der Waals surface area contributed by atoms with Crippen LogP contribution in [0.2, 0.25) is 0 Å². The zero-order valence-electron chi connectivity index (χ0n) is 8.90. The summed E-state index contributed by atoms with van der Waals surface area (Å²) in [5, 5.41) is 1.66. The zero-order valence-corrected chi connectivity index (χ0v) is 8.90. The average molecular weight is 201 g/mol. The van der Waals surface area contributed by atoms with E-state index < -0.39 is 0 Å². The molecule has 0 aromatic rings. The molecule has 14 heavy (non-hydrogen) atoms. The maximum atomic E-state index is 11.0. The molecule has 0 radical (unpaired) electrons. The van der Waals surface area contributed by atoms with Crippen molar-refractivity contribution >= 4 is 5.97 Å². The van der Waals surface area contributed by atoms with E-state index in [0.29, 0.717) is 13.0 Å². The molecule has 1 fully saturated rings. The lowest BCUT2D eigenvalue weighted by molar-refractivity contribution is -0.201. The highest BCUT2D eigenvalue weighted by Gasteiger charge is 2.24. The predicted molar refractivity (Wildman–Crippen MR) is 53.2 cm³/mol. The minimum atomic E-state index is -0.192. The zero-order chi connectivity index (χ0) is 10.6. The third kappa shape index (κ3) is 2.94. The number of carbonyl (C=O) groups excluding carboxylic acids is 1. The van der Waals surface area contributed by atoms with Crippen LogP contribution in [-0.2, 0) is 9.63 Å². The Labute approximate surface area is 84.7 Å². The molecule has 0 spiro atoms. The van der Waals surface area contributed by atoms with Gasteiger partial charge >= 0.3 is 5.97 Å². The SMILES string of the molecule is CCC(=O)ON1CCN(CC)C(N)C1. The van der Waals surface area contributed by atoms with E-state index in [1.54, 1.807) is 12.0 Å². The lowest BCUT2D eigenvalue weighted by Crippen LogP contribution is -2.57. The Bertz CT molecular complexity index is 198. The Balaban J connectivity index is 2.35. The van der Waals surface area contributed by atoms with E-state index in [-0.39, 0.29) is 12.1 Å². The number of hydroxylamine groups is 2. The van der Waals surface area contributed by atoms with Crippen molar-refractivity contribution in [3.05, 3.63) is 0 Å². The molecule has 1 atom stereocenters. The molecule has 82 valence electrons. The van der Waals surface area contributed by atoms with Gasteiger partial charge in [0.1, 0.15) is 0 Å². The molecule has 1 rings (SSSR count). The van der Waals surface area contributed by atoms with E-state index in [9.17, 15) is 4.79 Å². The topological polar surface area (TPSA) is 58.8 Å². The smallest absolute Gasteiger partial charge is 0.324 e. The molecular formula is C9H19N3O2. The second-order valence-electron chi connectivity index (χ2n) is 3.40. The highest BCUT2D eigenvalue weighted by Crippen LogP contribution is 2.06. The number of nitrogens with zero attached hydrogens (tertiary/aromatic N) is 2. The minimum absolute atomic E-state index is 0.0293. The van der Waals surface area contributed by atoms with E-state index in [1.807, 2.05) is 0 Å². The fraction of sp³-hybridized carbons (Fsp3) is 0.889. The van der Waals surface area contributed by atoms with Gasteiger partial charge in [0, 0.05) is 19.5 Å². The highest BCUT2D eigenvalue weighted by atomic mass is 16.7. The average Bonchev–Trinajstić information content (AvgIpc) is 2.18. The molecule has 0 aromatic heterocycles. The second kappa shape index (κ2) is 5.29. The van der Waals surface area contributed by atoms with Crippen LogP contribution in [0, 0.1) is 0 Å². The van der Waals surface area contributed by atoms with E-state index in [4.69, 9.17) is 10.6 Å². The van der Waals surface area contributed by atoms with Gasteiger partial charge in [-0.2, -0.15) is 0 Å². The van der Waals surface area contributed by atoms with Crippen LogP contribution in [0.4, 0.5) is 0 Å². The van der Waals surface area contributed by atoms with E-state index >= 15 is 0 Å². The number of carbonyl (C=O) groups is 1. The van der Waals surface area contributed by atoms with Crippen molar-refractivity contribution in [1.29, 1.82) is 0 Å². The first-order valence-corrected chi connectivity index (χ1v) is 5.12. The van der Waals surface area contributed by atoms with Gasteiger partial charge in [-0.25, -0.2) is 0 Å². The van der Waals surface area contributed by atoms with Crippen LogP contribution in [0.25, 0.3) is 0 Å². The van der Waals surface area contributed by atoms with Gasteiger partial charge < -0.3 is 10.6 Å². The monoisotopic (exact) mass is 201 g/mol. The summed E-state index contributed by atoms with van der Waals surface area (Å²) in [6.07, 6.45) is 0.377. The first kappa shape index (κ1) is 11.4. The summed E-state index contributed by atoms with van der Waals surface area (Å²) in [5.74, 6) is -0.192. The van der Waals surface area contributed by atoms with Gasteiger partial charge in [0.05, 0.1) is 12.7 Å². The lowest BCUT2D eigenvalue weighted by Gasteiger charge is -2.37. The fourth-order valence-corrected chi connectivity index (χ4v) is 1.51. The molecular weight excluding hydrogens is 182 g/mol. The fourth-order valence-electron chi connectivity index (χ4n) is 1.51. The van der Waals surface area contributed by atoms with Crippen LogP contribution < -0.4 is 5.73 Å². The predicted octanol–water partition coefficient (Wildman–Crippen LogP) is -0.223. The van der Waals surface area contributed by atoms with Crippen molar-refractivity contribution in [2.75, 3.05) is 26.2 Å². The van der Waals surface area contributed by atoms with Crippen LogP contribution >= 0.6 is 0 Å². The first-order valence-electron chi connectivity index (χ1n) is 5.12. The highest BCUT2D eigenvalue weighted by molar-refractivity contribution is 5.68. The van der Waals surface area contributed by atoms with Crippen molar-refractivity contribution in [1.82, 2.24) is 9.96 Å². The van der Waals surface area contributed by atoms with Gasteiger partial charge in [-0.1, -0.05) is 13.8 Å². The summed E-state index contributed by atoms with van der Waals surface area (Å²) in [6.45, 7) is 7.00. The Morgan fingerprint density at radius 1 is 1.50 bits per heavy atom. The van der Waals surface area contributed by atoms with Crippen molar-refractivity contribution in [2.24, 2.45) is 5.73 Å². The van der Waals surface area contributed by atoms with Crippen molar-refractivity contribution in [3.8, 4) is 0 Å². The minimum Gasteiger partial charge on any atom is -0.368 e. The summed E-state index contributed by atoms with van der Waals surface area (Å²) >= 11 is 0. The first-order chi connectivity index (χ1) is 6.67. The molecule has 1 saturated heterocycles. The molecule has 1 aliphatic heterocycles. The van der Waals surface area contributed by atoms with Crippen molar-refractivity contribution in [3.63, 3.8) is 0 Å². The summed E-state index contributed by atoms with van der Waals surface area (Å²) in [5.41, 5.74) is 5.89. The summed E-state index contributed by atoms with van der Waals surface area (Å²) in [6, 6.07) is 0. The molecule has 0 amide bonds. The maximum absolute atomic E-state index is 11.0. The van der Waals surface area contributed by atoms with Gasteiger partial charge in [0.2, 0.25) is 0 Å². The Kier molecular flexibility index (Phi) is 4.31. The van der Waals surface area contributed by atoms with E-state index in [1.165, 1.54) is 0 Å². The third-order valence-electron chi connectivity index (χ3n) is 2.42. The van der Waals surface area contributed by atoms with Gasteiger partial charge in [0.25, 0.3) is 0 Å². The second-order valence-corrected chi connectivity index (χ2v) is 3.40. The number of nitrogens with two attached hydrogens (primary N) is 1. The van der Waals surface area contributed by atoms with Gasteiger partial charge in [-0.15, -0.1) is 5.06 Å². The molecule has 0 aromatic carbocycles. The largest absolute Gasteiger partial charge is 0.368 e. The van der Waals surface area contributed by atoms with Crippen molar-refractivity contribution in [2.45, 2.75) is 26.4 Å². The number of hydrogen-bond acceptors (Lipinski definition) is 5. The summed E-state index contributed by atoms with van der Waals surface area (Å²) in [7, 11) is 0. The number of piperazine rings is 1. The van der Waals surface area contributed by atoms with Crippen LogP contribution in [0.15, 0.2) is 0 Å². The molecule has 5 heteroatoms. The molecule has 0 bridgehead atoms. The molecule has 0 saturated carbocycles. The lowest BCUT2D eigenvalue weighted by atomic mass is 10.3. The van der Waals surface area contributed by atoms with Crippen LogP contribution in [0.5, 0.6) is 0 Å². The third-order valence-corrected chi connectivity index (χ3v) is 2.42. The summed E-state index contributed by atoms with van der Waals surface area (Å²) < 4.78 is 0. The quantitative estimate of drug-likeness (QED) is 0.684. The van der Waals surface area contributed by atoms with Gasteiger partial charge in [0.15, 0.2) is 0 Å². The number of hydrogen-bond donors (Lipinski definition) is 1. The van der Waals surface area contributed by atoms with Crippen LogP contribution in [-0.4, -0.2) is 48.3 Å². The number of likely N-dealkylation sites (N-methyl/N-ethyl adjacent to an activating group) is 1. The molecule has 1 heterocycles.